The van der Waals surface area contributed by atoms with Crippen molar-refractivity contribution < 1.29 is 9.47 Å². The van der Waals surface area contributed by atoms with E-state index in [-0.39, 0.29) is 5.54 Å². The van der Waals surface area contributed by atoms with Gasteiger partial charge in [0.2, 0.25) is 0 Å². The fourth-order valence-electron chi connectivity index (χ4n) is 3.30. The molecule has 104 valence electrons. The molecular formula is C15H20ClNO2. The summed E-state index contributed by atoms with van der Waals surface area (Å²) in [6.45, 7) is 3.41. The van der Waals surface area contributed by atoms with Crippen LogP contribution in [-0.4, -0.2) is 13.2 Å². The van der Waals surface area contributed by atoms with Crippen LogP contribution in [0.15, 0.2) is 6.07 Å². The van der Waals surface area contributed by atoms with E-state index in [1.165, 1.54) is 12.8 Å². The maximum atomic E-state index is 6.57. The van der Waals surface area contributed by atoms with Gasteiger partial charge in [0.25, 0.3) is 0 Å². The van der Waals surface area contributed by atoms with Gasteiger partial charge < -0.3 is 15.2 Å². The Hall–Kier alpha value is -0.930. The summed E-state index contributed by atoms with van der Waals surface area (Å²) in [6, 6.07) is 1.87. The van der Waals surface area contributed by atoms with Gasteiger partial charge in [-0.3, -0.25) is 0 Å². The van der Waals surface area contributed by atoms with E-state index in [1.54, 1.807) is 0 Å². The van der Waals surface area contributed by atoms with Crippen molar-refractivity contribution in [3.63, 3.8) is 0 Å². The van der Waals surface area contributed by atoms with Gasteiger partial charge in [-0.1, -0.05) is 24.4 Å². The van der Waals surface area contributed by atoms with Crippen molar-refractivity contribution in [3.8, 4) is 11.5 Å². The van der Waals surface area contributed by atoms with Gasteiger partial charge in [-0.15, -0.1) is 0 Å². The number of halogens is 1. The highest BCUT2D eigenvalue weighted by atomic mass is 35.5. The Morgan fingerprint density at radius 3 is 2.58 bits per heavy atom. The number of nitrogens with two attached hydrogens (primary N) is 1. The fourth-order valence-corrected chi connectivity index (χ4v) is 3.73. The van der Waals surface area contributed by atoms with Gasteiger partial charge in [0.1, 0.15) is 0 Å². The van der Waals surface area contributed by atoms with Crippen LogP contribution in [0.4, 0.5) is 0 Å². The highest BCUT2D eigenvalue weighted by Gasteiger charge is 2.36. The van der Waals surface area contributed by atoms with Crippen LogP contribution >= 0.6 is 11.6 Å². The van der Waals surface area contributed by atoms with E-state index >= 15 is 0 Å². The molecule has 19 heavy (non-hydrogen) atoms. The predicted molar refractivity (Wildman–Crippen MR) is 76.1 cm³/mol. The summed E-state index contributed by atoms with van der Waals surface area (Å²) in [6.07, 6.45) is 5.22. The van der Waals surface area contributed by atoms with Crippen LogP contribution in [0, 0.1) is 6.92 Å². The second kappa shape index (κ2) is 4.88. The van der Waals surface area contributed by atoms with Crippen molar-refractivity contribution in [2.24, 2.45) is 5.73 Å². The third-order valence-electron chi connectivity index (χ3n) is 4.22. The molecule has 2 aliphatic rings. The Labute approximate surface area is 119 Å². The van der Waals surface area contributed by atoms with Gasteiger partial charge in [-0.05, 0) is 25.3 Å². The molecule has 0 aromatic heterocycles. The monoisotopic (exact) mass is 281 g/mol. The Morgan fingerprint density at radius 2 is 1.84 bits per heavy atom. The number of fused-ring (bicyclic) bond motifs is 1. The minimum Gasteiger partial charge on any atom is -0.489 e. The average Bonchev–Trinajstić information content (AvgIpc) is 2.66. The predicted octanol–water partition coefficient (Wildman–Crippen LogP) is 3.54. The average molecular weight is 282 g/mol. The van der Waals surface area contributed by atoms with Crippen LogP contribution in [0.3, 0.4) is 0 Å². The summed E-state index contributed by atoms with van der Waals surface area (Å²) >= 11 is 6.47. The largest absolute Gasteiger partial charge is 0.489 e. The molecule has 1 heterocycles. The van der Waals surface area contributed by atoms with Crippen molar-refractivity contribution in [2.45, 2.75) is 44.6 Å². The van der Waals surface area contributed by atoms with Crippen LogP contribution in [-0.2, 0) is 5.54 Å². The van der Waals surface area contributed by atoms with Crippen LogP contribution in [0.25, 0.3) is 0 Å². The maximum absolute atomic E-state index is 6.57. The van der Waals surface area contributed by atoms with E-state index in [4.69, 9.17) is 26.8 Å². The van der Waals surface area contributed by atoms with E-state index < -0.39 is 0 Å². The summed E-state index contributed by atoms with van der Waals surface area (Å²) in [5, 5.41) is 0.714. The first-order valence-electron chi connectivity index (χ1n) is 7.00. The molecule has 4 heteroatoms. The van der Waals surface area contributed by atoms with Gasteiger partial charge in [0, 0.05) is 28.6 Å². The lowest BCUT2D eigenvalue weighted by molar-refractivity contribution is 0.296. The Kier molecular flexibility index (Phi) is 3.35. The summed E-state index contributed by atoms with van der Waals surface area (Å²) in [4.78, 5) is 0. The molecule has 1 aromatic rings. The van der Waals surface area contributed by atoms with Gasteiger partial charge in [-0.2, -0.15) is 0 Å². The number of benzene rings is 1. The van der Waals surface area contributed by atoms with Crippen LogP contribution < -0.4 is 15.2 Å². The van der Waals surface area contributed by atoms with Gasteiger partial charge in [-0.25, -0.2) is 0 Å². The van der Waals surface area contributed by atoms with Crippen molar-refractivity contribution in [2.75, 3.05) is 13.2 Å². The number of hydrogen-bond donors (Lipinski definition) is 1. The number of rotatable bonds is 1. The van der Waals surface area contributed by atoms with Gasteiger partial charge in [0.15, 0.2) is 11.5 Å². The Bertz CT molecular complexity index is 495. The molecule has 0 amide bonds. The highest BCUT2D eigenvalue weighted by Crippen LogP contribution is 2.47. The molecule has 0 atom stereocenters. The lowest BCUT2D eigenvalue weighted by Gasteiger charge is -2.29. The molecule has 0 spiro atoms. The third kappa shape index (κ3) is 2.19. The molecule has 1 aliphatic heterocycles. The Morgan fingerprint density at radius 1 is 1.16 bits per heavy atom. The van der Waals surface area contributed by atoms with Crippen molar-refractivity contribution in [1.29, 1.82) is 0 Å². The number of hydrogen-bond acceptors (Lipinski definition) is 3. The van der Waals surface area contributed by atoms with Crippen LogP contribution in [0.2, 0.25) is 5.02 Å². The normalized spacial score (nSPS) is 21.2. The van der Waals surface area contributed by atoms with Crippen molar-refractivity contribution in [1.82, 2.24) is 0 Å². The standard InChI is InChI=1S/C15H20ClNO2/c1-10-13(15(17)5-2-3-6-15)11(16)9-12-14(10)19-8-4-7-18-12/h9H,2-8,17H2,1H3. The molecule has 3 nitrogen and oxygen atoms in total. The molecule has 0 bridgehead atoms. The molecule has 3 rings (SSSR count). The topological polar surface area (TPSA) is 44.5 Å². The van der Waals surface area contributed by atoms with Gasteiger partial charge in [0.05, 0.1) is 13.2 Å². The number of ether oxygens (including phenoxy) is 2. The van der Waals surface area contributed by atoms with E-state index in [1.807, 2.05) is 13.0 Å². The highest BCUT2D eigenvalue weighted by molar-refractivity contribution is 6.31. The van der Waals surface area contributed by atoms with Gasteiger partial charge >= 0.3 is 0 Å². The molecule has 1 aliphatic carbocycles. The summed E-state index contributed by atoms with van der Waals surface area (Å²) in [7, 11) is 0. The molecular weight excluding hydrogens is 262 g/mol. The second-order valence-electron chi connectivity index (χ2n) is 5.60. The summed E-state index contributed by atoms with van der Waals surface area (Å²) in [5.41, 5.74) is 8.38. The lowest BCUT2D eigenvalue weighted by atomic mass is 9.85. The molecule has 2 N–H and O–H groups in total. The third-order valence-corrected chi connectivity index (χ3v) is 4.52. The zero-order valence-electron chi connectivity index (χ0n) is 11.3. The van der Waals surface area contributed by atoms with Crippen LogP contribution in [0.1, 0.15) is 43.2 Å². The van der Waals surface area contributed by atoms with E-state index in [9.17, 15) is 0 Å². The SMILES string of the molecule is Cc1c2c(cc(Cl)c1C1(N)CCCC1)OCCCO2. The fraction of sp³-hybridized carbons (Fsp3) is 0.600. The van der Waals surface area contributed by atoms with E-state index in [2.05, 4.69) is 0 Å². The van der Waals surface area contributed by atoms with Crippen LogP contribution in [0.5, 0.6) is 11.5 Å². The van der Waals surface area contributed by atoms with E-state index in [0.29, 0.717) is 18.2 Å². The molecule has 0 radical (unpaired) electrons. The molecule has 1 aromatic carbocycles. The second-order valence-corrected chi connectivity index (χ2v) is 6.01. The molecule has 1 fully saturated rings. The Balaban J connectivity index is 2.12. The minimum absolute atomic E-state index is 0.300. The first-order chi connectivity index (χ1) is 9.12. The zero-order valence-corrected chi connectivity index (χ0v) is 12.1. The minimum atomic E-state index is -0.300. The molecule has 0 saturated heterocycles. The maximum Gasteiger partial charge on any atom is 0.164 e. The van der Waals surface area contributed by atoms with Crippen molar-refractivity contribution >= 4 is 11.6 Å². The molecule has 1 saturated carbocycles. The van der Waals surface area contributed by atoms with E-state index in [0.717, 1.165) is 41.9 Å². The zero-order chi connectivity index (χ0) is 13.5. The van der Waals surface area contributed by atoms with Crippen molar-refractivity contribution in [3.05, 3.63) is 22.2 Å². The smallest absolute Gasteiger partial charge is 0.164 e. The lowest BCUT2D eigenvalue weighted by Crippen LogP contribution is -2.34. The summed E-state index contributed by atoms with van der Waals surface area (Å²) < 4.78 is 11.6. The first kappa shape index (κ1) is 13.1. The quantitative estimate of drug-likeness (QED) is 0.856. The first-order valence-corrected chi connectivity index (χ1v) is 7.38. The molecule has 0 unspecified atom stereocenters. The summed E-state index contributed by atoms with van der Waals surface area (Å²) in [5.74, 6) is 1.58.